The lowest BCUT2D eigenvalue weighted by molar-refractivity contribution is -0.137. The zero-order chi connectivity index (χ0) is 21.2. The minimum Gasteiger partial charge on any atom is -0.360 e. The number of nitrogens with one attached hydrogen (secondary N) is 2. The maximum Gasteiger partial charge on any atom is 0.250 e. The molecule has 2 fully saturated rings. The molecule has 1 aromatic rings. The Kier molecular flexibility index (Phi) is 6.43. The molecule has 1 unspecified atom stereocenters. The van der Waals surface area contributed by atoms with Gasteiger partial charge in [-0.2, -0.15) is 0 Å². The second-order valence-corrected chi connectivity index (χ2v) is 8.92. The van der Waals surface area contributed by atoms with Gasteiger partial charge in [0.1, 0.15) is 16.2 Å². The fourth-order valence-electron chi connectivity index (χ4n) is 3.38. The predicted molar refractivity (Wildman–Crippen MR) is 110 cm³/mol. The van der Waals surface area contributed by atoms with Crippen LogP contribution in [0, 0.1) is 5.92 Å². The number of amides is 2. The fourth-order valence-corrected chi connectivity index (χ4v) is 3.91. The summed E-state index contributed by atoms with van der Waals surface area (Å²) in [6.45, 7) is 2.22. The summed E-state index contributed by atoms with van der Waals surface area (Å²) in [5.41, 5.74) is 0.514. The molecule has 1 saturated carbocycles. The van der Waals surface area contributed by atoms with Gasteiger partial charge < -0.3 is 15.5 Å². The Bertz CT molecular complexity index is 845. The average molecular weight is 441 g/mol. The van der Waals surface area contributed by atoms with Crippen LogP contribution in [-0.2, 0) is 14.4 Å². The van der Waals surface area contributed by atoms with Gasteiger partial charge in [0.15, 0.2) is 0 Å². The van der Waals surface area contributed by atoms with E-state index in [-0.39, 0.29) is 35.8 Å². The molecular formula is C19H24Cl2N5O3+. The number of nitrogens with zero attached hydrogens (tertiary/aromatic N) is 2. The van der Waals surface area contributed by atoms with Crippen molar-refractivity contribution in [3.05, 3.63) is 23.9 Å². The van der Waals surface area contributed by atoms with Gasteiger partial charge in [0.25, 0.3) is 5.71 Å². The largest absolute Gasteiger partial charge is 0.360 e. The SMILES string of the molecule is CC(=O)C(=[NH2+])c1cccnc1NCC(=O)N1CCC[C@H]1C(=O)NCC1CC1(Cl)Cl. The van der Waals surface area contributed by atoms with Gasteiger partial charge >= 0.3 is 0 Å². The Labute approximate surface area is 178 Å². The Balaban J connectivity index is 1.57. The highest BCUT2D eigenvalue weighted by Gasteiger charge is 2.51. The van der Waals surface area contributed by atoms with Crippen LogP contribution in [0.5, 0.6) is 0 Å². The van der Waals surface area contributed by atoms with Crippen LogP contribution in [0.1, 0.15) is 31.7 Å². The highest BCUT2D eigenvalue weighted by molar-refractivity contribution is 6.50. The van der Waals surface area contributed by atoms with Crippen molar-refractivity contribution in [2.75, 3.05) is 25.0 Å². The third kappa shape index (κ3) is 5.05. The molecule has 0 aromatic carbocycles. The van der Waals surface area contributed by atoms with Crippen molar-refractivity contribution in [3.63, 3.8) is 0 Å². The van der Waals surface area contributed by atoms with E-state index in [0.29, 0.717) is 37.3 Å². The first-order valence-corrected chi connectivity index (χ1v) is 10.2. The van der Waals surface area contributed by atoms with Gasteiger partial charge in [0, 0.05) is 32.1 Å². The summed E-state index contributed by atoms with van der Waals surface area (Å²) in [6, 6.07) is 2.81. The first-order valence-electron chi connectivity index (χ1n) is 9.48. The molecular weight excluding hydrogens is 417 g/mol. The summed E-state index contributed by atoms with van der Waals surface area (Å²) < 4.78 is -0.749. The summed E-state index contributed by atoms with van der Waals surface area (Å²) in [7, 11) is 0. The van der Waals surface area contributed by atoms with E-state index in [0.717, 1.165) is 6.42 Å². The van der Waals surface area contributed by atoms with Crippen molar-refractivity contribution in [2.24, 2.45) is 5.92 Å². The van der Waals surface area contributed by atoms with Crippen LogP contribution in [0.3, 0.4) is 0 Å². The molecule has 156 valence electrons. The topological polar surface area (TPSA) is 117 Å². The second-order valence-electron chi connectivity index (χ2n) is 7.38. The minimum atomic E-state index is -0.749. The molecule has 1 aliphatic heterocycles. The molecule has 2 heterocycles. The second kappa shape index (κ2) is 8.67. The van der Waals surface area contributed by atoms with Crippen molar-refractivity contribution in [2.45, 2.75) is 36.6 Å². The summed E-state index contributed by atoms with van der Waals surface area (Å²) >= 11 is 12.0. The number of pyridine rings is 1. The number of nitrogens with two attached hydrogens (primary N) is 1. The Morgan fingerprint density at radius 3 is 2.76 bits per heavy atom. The number of carbonyl (C=O) groups excluding carboxylic acids is 3. The van der Waals surface area contributed by atoms with Crippen molar-refractivity contribution in [3.8, 4) is 0 Å². The van der Waals surface area contributed by atoms with E-state index >= 15 is 0 Å². The predicted octanol–water partition coefficient (Wildman–Crippen LogP) is -0.0683. The van der Waals surface area contributed by atoms with Crippen molar-refractivity contribution in [1.82, 2.24) is 15.2 Å². The Morgan fingerprint density at radius 1 is 1.38 bits per heavy atom. The zero-order valence-corrected chi connectivity index (χ0v) is 17.6. The summed E-state index contributed by atoms with van der Waals surface area (Å²) in [6.07, 6.45) is 3.55. The van der Waals surface area contributed by atoms with Gasteiger partial charge in [0.2, 0.25) is 17.6 Å². The van der Waals surface area contributed by atoms with E-state index in [1.54, 1.807) is 23.2 Å². The molecule has 0 spiro atoms. The van der Waals surface area contributed by atoms with Crippen molar-refractivity contribution in [1.29, 1.82) is 0 Å². The molecule has 2 aliphatic rings. The summed E-state index contributed by atoms with van der Waals surface area (Å²) in [5, 5.41) is 11.6. The Hall–Kier alpha value is -2.19. The fraction of sp³-hybridized carbons (Fsp3) is 0.526. The smallest absolute Gasteiger partial charge is 0.250 e. The molecule has 4 N–H and O–H groups in total. The lowest BCUT2D eigenvalue weighted by Gasteiger charge is -2.24. The van der Waals surface area contributed by atoms with Crippen LogP contribution < -0.4 is 16.0 Å². The van der Waals surface area contributed by atoms with Crippen LogP contribution in [0.2, 0.25) is 0 Å². The average Bonchev–Trinajstić information content (AvgIpc) is 3.07. The third-order valence-electron chi connectivity index (χ3n) is 5.24. The number of aromatic nitrogens is 1. The number of alkyl halides is 2. The molecule has 2 amide bonds. The van der Waals surface area contributed by atoms with Crippen molar-refractivity contribution >= 4 is 52.3 Å². The first kappa shape index (κ1) is 21.5. The number of likely N-dealkylation sites (tertiary alicyclic amines) is 1. The number of rotatable bonds is 8. The molecule has 3 rings (SSSR count). The summed E-state index contributed by atoms with van der Waals surface area (Å²) in [4.78, 5) is 42.5. The molecule has 29 heavy (non-hydrogen) atoms. The van der Waals surface area contributed by atoms with Crippen molar-refractivity contribution < 1.29 is 19.8 Å². The number of hydrogen-bond donors (Lipinski definition) is 3. The molecule has 1 aliphatic carbocycles. The van der Waals surface area contributed by atoms with E-state index in [4.69, 9.17) is 28.6 Å². The monoisotopic (exact) mass is 440 g/mol. The maximum absolute atomic E-state index is 12.7. The number of ketones is 1. The standard InChI is InChI=1S/C19H23Cl2N5O3/c1-11(27)16(22)13-4-2-6-23-17(13)24-10-15(28)26-7-3-5-14(26)18(29)25-9-12-8-19(12,20)21/h2,4,6,12,14,22H,3,5,7-10H2,1H3,(H,23,24)(H,25,29)/p+1/t12?,14-/m0/s1. The van der Waals surface area contributed by atoms with E-state index in [1.165, 1.54) is 6.92 Å². The molecule has 1 saturated heterocycles. The highest BCUT2D eigenvalue weighted by Crippen LogP contribution is 2.52. The van der Waals surface area contributed by atoms with Crippen LogP contribution in [-0.4, -0.2) is 63.2 Å². The Morgan fingerprint density at radius 2 is 2.10 bits per heavy atom. The van der Waals surface area contributed by atoms with Crippen LogP contribution in [0.4, 0.5) is 5.82 Å². The molecule has 0 bridgehead atoms. The molecule has 1 aromatic heterocycles. The normalized spacial score (nSPS) is 22.1. The van der Waals surface area contributed by atoms with Gasteiger partial charge in [-0.15, -0.1) is 23.2 Å². The van der Waals surface area contributed by atoms with Crippen LogP contribution in [0.15, 0.2) is 18.3 Å². The molecule has 2 atom stereocenters. The molecule has 0 radical (unpaired) electrons. The summed E-state index contributed by atoms with van der Waals surface area (Å²) in [5.74, 6) is -0.302. The van der Waals surface area contributed by atoms with Gasteiger partial charge in [-0.05, 0) is 31.4 Å². The number of Topliss-reactive ketones (excluding diaryl/α,β-unsaturated/α-hetero) is 1. The van der Waals surface area contributed by atoms with Gasteiger partial charge in [-0.25, -0.2) is 4.98 Å². The van der Waals surface area contributed by atoms with E-state index in [2.05, 4.69) is 15.6 Å². The third-order valence-corrected chi connectivity index (χ3v) is 6.16. The van der Waals surface area contributed by atoms with Gasteiger partial charge in [-0.1, -0.05) is 0 Å². The van der Waals surface area contributed by atoms with Gasteiger partial charge in [0.05, 0.1) is 12.1 Å². The number of carbonyl (C=O) groups is 3. The van der Waals surface area contributed by atoms with E-state index < -0.39 is 10.4 Å². The highest BCUT2D eigenvalue weighted by atomic mass is 35.5. The quantitative estimate of drug-likeness (QED) is 0.386. The molecule has 10 heteroatoms. The van der Waals surface area contributed by atoms with Crippen LogP contribution >= 0.6 is 23.2 Å². The lowest BCUT2D eigenvalue weighted by Crippen LogP contribution is -2.48. The maximum atomic E-state index is 12.7. The lowest BCUT2D eigenvalue weighted by atomic mass is 10.1. The number of hydrogen-bond acceptors (Lipinski definition) is 5. The van der Waals surface area contributed by atoms with Gasteiger partial charge in [-0.3, -0.25) is 19.8 Å². The van der Waals surface area contributed by atoms with Crippen LogP contribution in [0.25, 0.3) is 0 Å². The molecule has 8 nitrogen and oxygen atoms in total. The van der Waals surface area contributed by atoms with E-state index in [1.807, 2.05) is 0 Å². The van der Waals surface area contributed by atoms with E-state index in [9.17, 15) is 14.4 Å². The minimum absolute atomic E-state index is 0.0487. The number of halogens is 2. The first-order chi connectivity index (χ1) is 13.7. The zero-order valence-electron chi connectivity index (χ0n) is 16.1. The number of anilines is 1.